The average molecular weight is 901 g/mol. The van der Waals surface area contributed by atoms with Gasteiger partial charge in [-0.2, -0.15) is 0 Å². The lowest BCUT2D eigenvalue weighted by atomic mass is 9.95. The first-order valence-electron chi connectivity index (χ1n) is 22.1. The summed E-state index contributed by atoms with van der Waals surface area (Å²) >= 11 is 0. The molecule has 0 heterocycles. The van der Waals surface area contributed by atoms with Crippen molar-refractivity contribution in [2.24, 2.45) is 17.4 Å². The van der Waals surface area contributed by atoms with Gasteiger partial charge >= 0.3 is 0 Å². The number of rotatable bonds is 43. The summed E-state index contributed by atoms with van der Waals surface area (Å²) in [5.41, 5.74) is 10.8. The number of primary amides is 2. The van der Waals surface area contributed by atoms with E-state index in [-0.39, 0.29) is 132 Å². The Kier molecular flexibility index (Phi) is 36.2. The number of amides is 7. The fourth-order valence-corrected chi connectivity index (χ4v) is 5.81. The van der Waals surface area contributed by atoms with Gasteiger partial charge in [-0.05, 0) is 65.2 Å². The van der Waals surface area contributed by atoms with Crippen LogP contribution in [0, 0.1) is 5.92 Å². The molecule has 0 saturated heterocycles. The summed E-state index contributed by atoms with van der Waals surface area (Å²) < 4.78 is 21.4. The van der Waals surface area contributed by atoms with E-state index in [9.17, 15) is 43.2 Å². The molecule has 362 valence electrons. The second-order valence-corrected chi connectivity index (χ2v) is 15.2. The van der Waals surface area contributed by atoms with Gasteiger partial charge in [0.2, 0.25) is 41.4 Å². The zero-order valence-corrected chi connectivity index (χ0v) is 37.8. The maximum Gasteiger partial charge on any atom is 0.246 e. The van der Waals surface area contributed by atoms with Crippen LogP contribution in [0.1, 0.15) is 111 Å². The second kappa shape index (κ2) is 39.1. The maximum absolute atomic E-state index is 12.8. The van der Waals surface area contributed by atoms with Crippen molar-refractivity contribution in [3.8, 4) is 0 Å². The monoisotopic (exact) mass is 901 g/mol. The lowest BCUT2D eigenvalue weighted by molar-refractivity contribution is -0.129. The van der Waals surface area contributed by atoms with Gasteiger partial charge in [0, 0.05) is 51.4 Å². The van der Waals surface area contributed by atoms with Gasteiger partial charge in [-0.1, -0.05) is 26.2 Å². The van der Waals surface area contributed by atoms with Crippen LogP contribution in [0.25, 0.3) is 0 Å². The molecule has 0 bridgehead atoms. The Labute approximate surface area is 372 Å². The van der Waals surface area contributed by atoms with Crippen molar-refractivity contribution in [3.63, 3.8) is 0 Å². The number of nitrogens with one attached hydrogen (secondary N) is 6. The third kappa shape index (κ3) is 36.6. The Morgan fingerprint density at radius 2 is 1.00 bits per heavy atom. The van der Waals surface area contributed by atoms with Gasteiger partial charge in [-0.15, -0.1) is 0 Å². The molecular weight excluding hydrogens is 825 g/mol. The lowest BCUT2D eigenvalue weighted by Gasteiger charge is -2.18. The largest absolute Gasteiger partial charge is 0.377 e. The van der Waals surface area contributed by atoms with Gasteiger partial charge < -0.3 is 61.8 Å². The van der Waals surface area contributed by atoms with E-state index in [1.54, 1.807) is 0 Å². The third-order valence-electron chi connectivity index (χ3n) is 9.36. The van der Waals surface area contributed by atoms with Crippen LogP contribution >= 0.6 is 0 Å². The molecule has 0 aliphatic rings. The van der Waals surface area contributed by atoms with Crippen molar-refractivity contribution >= 4 is 52.9 Å². The number of unbranched alkanes of at least 4 members (excludes halogenated alkanes) is 3. The first-order chi connectivity index (χ1) is 30.2. The Balaban J connectivity index is 3.87. The van der Waals surface area contributed by atoms with Crippen molar-refractivity contribution in [2.45, 2.75) is 123 Å². The number of hydrogen-bond acceptors (Lipinski definition) is 14. The summed E-state index contributed by atoms with van der Waals surface area (Å²) in [6, 6.07) is -1.28. The van der Waals surface area contributed by atoms with Crippen LogP contribution in [0.5, 0.6) is 0 Å². The Hall–Kier alpha value is -4.57. The number of ketones is 2. The molecule has 7 amide bonds. The molecule has 0 fully saturated rings. The molecule has 3 atom stereocenters. The fraction of sp³-hybridized carbons (Fsp3) is 0.786. The molecule has 0 spiro atoms. The highest BCUT2D eigenvalue weighted by atomic mass is 16.5. The van der Waals surface area contributed by atoms with Gasteiger partial charge in [0.25, 0.3) is 0 Å². The highest BCUT2D eigenvalue weighted by Gasteiger charge is 2.21. The van der Waals surface area contributed by atoms with Crippen LogP contribution in [0.15, 0.2) is 0 Å². The molecule has 0 saturated carbocycles. The van der Waals surface area contributed by atoms with Gasteiger partial charge in [-0.3, -0.25) is 43.7 Å². The summed E-state index contributed by atoms with van der Waals surface area (Å²) in [5, 5.41) is 16.5. The van der Waals surface area contributed by atoms with Gasteiger partial charge in [0.1, 0.15) is 30.8 Å². The molecule has 63 heavy (non-hydrogen) atoms. The SMILES string of the molecule is CCCCC(NC(=O)CCCC(=O)NCCOCCOCC(=O)NCCOCCOCC(=O)NCCCCC(NCC(C)=O)C(N)=O)C(=O)NCCCCC(CCC(C)=O)C(N)=O. The first kappa shape index (κ1) is 58.4. The van der Waals surface area contributed by atoms with Crippen molar-refractivity contribution < 1.29 is 62.1 Å². The normalized spacial score (nSPS) is 12.4. The summed E-state index contributed by atoms with van der Waals surface area (Å²) in [6.45, 7) is 7.25. The van der Waals surface area contributed by atoms with Crippen molar-refractivity contribution in [1.82, 2.24) is 31.9 Å². The van der Waals surface area contributed by atoms with Crippen LogP contribution < -0.4 is 43.4 Å². The fourth-order valence-electron chi connectivity index (χ4n) is 5.81. The Bertz CT molecular complexity index is 1370. The van der Waals surface area contributed by atoms with E-state index in [1.165, 1.54) is 13.8 Å². The van der Waals surface area contributed by atoms with E-state index in [2.05, 4.69) is 31.9 Å². The number of Topliss-reactive ketones (excluding diaryl/α,β-unsaturated/α-hetero) is 2. The highest BCUT2D eigenvalue weighted by molar-refractivity contribution is 5.88. The van der Waals surface area contributed by atoms with Gasteiger partial charge in [0.15, 0.2) is 0 Å². The predicted molar refractivity (Wildman–Crippen MR) is 233 cm³/mol. The molecular formula is C42H76N8O13. The molecule has 10 N–H and O–H groups in total. The van der Waals surface area contributed by atoms with Crippen LogP contribution in [0.2, 0.25) is 0 Å². The first-order valence-corrected chi connectivity index (χ1v) is 22.1. The summed E-state index contributed by atoms with van der Waals surface area (Å²) in [6.07, 6.45) is 6.88. The van der Waals surface area contributed by atoms with Crippen molar-refractivity contribution in [3.05, 3.63) is 0 Å². The summed E-state index contributed by atoms with van der Waals surface area (Å²) in [4.78, 5) is 107. The molecule has 0 aliphatic carbocycles. The topological polar surface area (TPSA) is 315 Å². The quantitative estimate of drug-likeness (QED) is 0.0348. The van der Waals surface area contributed by atoms with E-state index in [0.717, 1.165) is 12.8 Å². The molecule has 21 heteroatoms. The maximum atomic E-state index is 12.8. The van der Waals surface area contributed by atoms with E-state index in [0.29, 0.717) is 77.3 Å². The molecule has 0 rings (SSSR count). The average Bonchev–Trinajstić information content (AvgIpc) is 3.22. The molecule has 0 aromatic rings. The molecule has 0 aromatic heterocycles. The van der Waals surface area contributed by atoms with Crippen molar-refractivity contribution in [2.75, 3.05) is 85.6 Å². The van der Waals surface area contributed by atoms with Gasteiger partial charge in [-0.25, -0.2) is 0 Å². The minimum atomic E-state index is -0.686. The highest BCUT2D eigenvalue weighted by Crippen LogP contribution is 2.15. The zero-order chi connectivity index (χ0) is 47.1. The number of carbonyl (C=O) groups is 9. The van der Waals surface area contributed by atoms with E-state index in [1.807, 2.05) is 6.92 Å². The molecule has 3 unspecified atom stereocenters. The van der Waals surface area contributed by atoms with Gasteiger partial charge in [0.05, 0.1) is 52.2 Å². The van der Waals surface area contributed by atoms with E-state index < -0.39 is 23.9 Å². The lowest BCUT2D eigenvalue weighted by Crippen LogP contribution is -2.47. The van der Waals surface area contributed by atoms with E-state index in [4.69, 9.17) is 30.4 Å². The third-order valence-corrected chi connectivity index (χ3v) is 9.36. The standard InChI is InChI=1S/C42H76N8O13/c1-4-5-12-35(42(59)48-19-8-6-11-33(40(43)57)17-16-31(2)51)50-37(54)15-10-14-36(53)46-20-22-60-24-27-63-30-39(56)47-21-23-61-25-26-62-29-38(55)45-18-9-7-13-34(41(44)58)49-28-32(3)52/h33-35,49H,4-30H2,1-3H3,(H2,43,57)(H2,44,58)(H,45,55)(H,46,53)(H,47,56)(H,48,59)(H,50,54). The second-order valence-electron chi connectivity index (χ2n) is 15.2. The Morgan fingerprint density at radius 1 is 0.476 bits per heavy atom. The molecule has 0 aliphatic heterocycles. The van der Waals surface area contributed by atoms with Crippen LogP contribution in [-0.4, -0.2) is 151 Å². The van der Waals surface area contributed by atoms with Crippen LogP contribution in [0.4, 0.5) is 0 Å². The van der Waals surface area contributed by atoms with Crippen LogP contribution in [-0.2, 0) is 62.1 Å². The number of hydrogen-bond donors (Lipinski definition) is 8. The predicted octanol–water partition coefficient (Wildman–Crippen LogP) is -0.793. The number of ether oxygens (including phenoxy) is 4. The van der Waals surface area contributed by atoms with E-state index >= 15 is 0 Å². The zero-order valence-electron chi connectivity index (χ0n) is 37.8. The smallest absolute Gasteiger partial charge is 0.246 e. The molecule has 0 radical (unpaired) electrons. The molecule has 0 aromatic carbocycles. The number of carbonyl (C=O) groups excluding carboxylic acids is 9. The minimum absolute atomic E-state index is 0.00721. The minimum Gasteiger partial charge on any atom is -0.377 e. The Morgan fingerprint density at radius 3 is 1.56 bits per heavy atom. The summed E-state index contributed by atoms with van der Waals surface area (Å²) in [5.74, 6) is -2.86. The van der Waals surface area contributed by atoms with Crippen molar-refractivity contribution in [1.29, 1.82) is 0 Å². The summed E-state index contributed by atoms with van der Waals surface area (Å²) in [7, 11) is 0. The van der Waals surface area contributed by atoms with Crippen LogP contribution in [0.3, 0.4) is 0 Å². The number of nitrogens with two attached hydrogens (primary N) is 2. The molecule has 21 nitrogen and oxygen atoms in total.